The minimum absolute atomic E-state index is 0.196. The molecule has 3 rings (SSSR count). The van der Waals surface area contributed by atoms with Crippen molar-refractivity contribution < 1.29 is 17.9 Å². The van der Waals surface area contributed by atoms with Crippen LogP contribution < -0.4 is 4.74 Å². The van der Waals surface area contributed by atoms with Crippen molar-refractivity contribution in [3.63, 3.8) is 0 Å². The van der Waals surface area contributed by atoms with Crippen molar-refractivity contribution >= 4 is 15.7 Å². The molecule has 0 aliphatic carbocycles. The average molecular weight is 345 g/mol. The molecule has 2 aromatic carbocycles. The number of ether oxygens (including phenoxy) is 1. The van der Waals surface area contributed by atoms with Gasteiger partial charge in [0, 0.05) is 13.1 Å². The van der Waals surface area contributed by atoms with Crippen molar-refractivity contribution in [2.45, 2.75) is 16.6 Å². The van der Waals surface area contributed by atoms with Crippen molar-refractivity contribution in [2.24, 2.45) is 0 Å². The van der Waals surface area contributed by atoms with Gasteiger partial charge in [0.1, 0.15) is 5.75 Å². The van der Waals surface area contributed by atoms with Crippen LogP contribution in [0.3, 0.4) is 0 Å². The predicted octanol–water partition coefficient (Wildman–Crippen LogP) is 2.38. The zero-order valence-electron chi connectivity index (χ0n) is 13.4. The summed E-state index contributed by atoms with van der Waals surface area (Å²) in [5.74, 6) is 0.301. The number of carbonyl (C=O) groups is 1. The summed E-state index contributed by atoms with van der Waals surface area (Å²) in [6.45, 7) is 0.627. The number of nitrogens with zero attached hydrogens (tertiary/aromatic N) is 1. The van der Waals surface area contributed by atoms with Gasteiger partial charge < -0.3 is 9.64 Å². The third-order valence-corrected chi connectivity index (χ3v) is 6.47. The van der Waals surface area contributed by atoms with Gasteiger partial charge in [0.05, 0.1) is 22.8 Å². The molecule has 24 heavy (non-hydrogen) atoms. The van der Waals surface area contributed by atoms with Gasteiger partial charge >= 0.3 is 0 Å². The van der Waals surface area contributed by atoms with E-state index in [0.717, 1.165) is 0 Å². The first-order valence-electron chi connectivity index (χ1n) is 7.75. The van der Waals surface area contributed by atoms with E-state index in [2.05, 4.69) is 0 Å². The van der Waals surface area contributed by atoms with Crippen LogP contribution in [0, 0.1) is 0 Å². The third kappa shape index (κ3) is 3.01. The normalized spacial score (nSPS) is 17.7. The van der Waals surface area contributed by atoms with Crippen LogP contribution in [-0.2, 0) is 9.84 Å². The molecule has 0 unspecified atom stereocenters. The fraction of sp³-hybridized carbons (Fsp3) is 0.278. The third-order valence-electron chi connectivity index (χ3n) is 4.28. The van der Waals surface area contributed by atoms with Crippen LogP contribution in [0.1, 0.15) is 16.8 Å². The van der Waals surface area contributed by atoms with Gasteiger partial charge in [0.15, 0.2) is 9.84 Å². The summed E-state index contributed by atoms with van der Waals surface area (Å²) < 4.78 is 30.6. The maximum Gasteiger partial charge on any atom is 0.257 e. The highest BCUT2D eigenvalue weighted by molar-refractivity contribution is 7.92. The second-order valence-electron chi connectivity index (χ2n) is 5.72. The standard InChI is InChI=1S/C18H19NO4S/c1-23-17-10-6-5-9-16(17)18(20)19-12-11-15(13-19)24(21,22)14-7-3-2-4-8-14/h2-10,15H,11-13H2,1H3/t15-/m0/s1. The van der Waals surface area contributed by atoms with E-state index in [-0.39, 0.29) is 12.5 Å². The first-order valence-corrected chi connectivity index (χ1v) is 9.30. The number of para-hydroxylation sites is 1. The molecule has 0 N–H and O–H groups in total. The van der Waals surface area contributed by atoms with Gasteiger partial charge in [-0.05, 0) is 30.7 Å². The Morgan fingerprint density at radius 3 is 2.46 bits per heavy atom. The molecule has 2 aromatic rings. The topological polar surface area (TPSA) is 63.7 Å². The van der Waals surface area contributed by atoms with Crippen molar-refractivity contribution in [1.29, 1.82) is 0 Å². The molecule has 0 radical (unpaired) electrons. The molecule has 0 spiro atoms. The number of hydrogen-bond donors (Lipinski definition) is 0. The van der Waals surface area contributed by atoms with Gasteiger partial charge in [0.25, 0.3) is 5.91 Å². The summed E-state index contributed by atoms with van der Waals surface area (Å²) in [6.07, 6.45) is 0.443. The second kappa shape index (κ2) is 6.65. The Morgan fingerprint density at radius 2 is 1.75 bits per heavy atom. The summed E-state index contributed by atoms with van der Waals surface area (Å²) in [5, 5.41) is -0.571. The van der Waals surface area contributed by atoms with Gasteiger partial charge in [-0.25, -0.2) is 8.42 Å². The lowest BCUT2D eigenvalue weighted by Crippen LogP contribution is -2.32. The second-order valence-corrected chi connectivity index (χ2v) is 7.95. The quantitative estimate of drug-likeness (QED) is 0.853. The lowest BCUT2D eigenvalue weighted by molar-refractivity contribution is 0.0790. The summed E-state index contributed by atoms with van der Waals surface area (Å²) in [5.41, 5.74) is 0.456. The highest BCUT2D eigenvalue weighted by Crippen LogP contribution is 2.27. The molecule has 1 amide bonds. The van der Waals surface area contributed by atoms with Gasteiger partial charge in [-0.2, -0.15) is 0 Å². The van der Waals surface area contributed by atoms with E-state index >= 15 is 0 Å². The molecule has 0 aromatic heterocycles. The minimum atomic E-state index is -3.43. The summed E-state index contributed by atoms with van der Waals surface area (Å²) in [7, 11) is -1.92. The fourth-order valence-corrected chi connectivity index (χ4v) is 4.67. The van der Waals surface area contributed by atoms with Crippen LogP contribution in [0.15, 0.2) is 59.5 Å². The van der Waals surface area contributed by atoms with E-state index in [4.69, 9.17) is 4.74 Å². The highest BCUT2D eigenvalue weighted by atomic mass is 32.2. The lowest BCUT2D eigenvalue weighted by Gasteiger charge is -2.18. The zero-order valence-corrected chi connectivity index (χ0v) is 14.2. The number of benzene rings is 2. The van der Waals surface area contributed by atoms with Gasteiger partial charge in [0.2, 0.25) is 0 Å². The van der Waals surface area contributed by atoms with Crippen LogP contribution in [0.5, 0.6) is 5.75 Å². The Bertz CT molecular complexity index is 833. The maximum absolute atomic E-state index is 12.7. The van der Waals surface area contributed by atoms with Crippen molar-refractivity contribution in [3.05, 3.63) is 60.2 Å². The molecule has 6 heteroatoms. The zero-order chi connectivity index (χ0) is 17.2. The number of hydrogen-bond acceptors (Lipinski definition) is 4. The Labute approximate surface area is 141 Å². The SMILES string of the molecule is COc1ccccc1C(=O)N1CC[C@H](S(=O)(=O)c2ccccc2)C1. The monoisotopic (exact) mass is 345 g/mol. The minimum Gasteiger partial charge on any atom is -0.496 e. The average Bonchev–Trinajstić information content (AvgIpc) is 3.13. The predicted molar refractivity (Wildman–Crippen MR) is 90.9 cm³/mol. The maximum atomic E-state index is 12.7. The lowest BCUT2D eigenvalue weighted by atomic mass is 10.2. The molecule has 1 aliphatic rings. The molecule has 1 heterocycles. The first kappa shape index (κ1) is 16.5. The van der Waals surface area contributed by atoms with Crippen LogP contribution in [0.4, 0.5) is 0 Å². The molecule has 1 saturated heterocycles. The van der Waals surface area contributed by atoms with Crippen LogP contribution in [-0.4, -0.2) is 44.7 Å². The molecule has 5 nitrogen and oxygen atoms in total. The Balaban J connectivity index is 1.79. The molecule has 0 saturated carbocycles. The number of methoxy groups -OCH3 is 1. The molecule has 1 fully saturated rings. The summed E-state index contributed by atoms with van der Waals surface area (Å²) in [4.78, 5) is 14.6. The van der Waals surface area contributed by atoms with Gasteiger partial charge in [-0.3, -0.25) is 4.79 Å². The smallest absolute Gasteiger partial charge is 0.257 e. The summed E-state index contributed by atoms with van der Waals surface area (Å²) in [6, 6.07) is 15.4. The van der Waals surface area contributed by atoms with E-state index in [1.807, 2.05) is 0 Å². The fourth-order valence-electron chi connectivity index (χ4n) is 2.96. The molecule has 1 atom stereocenters. The van der Waals surface area contributed by atoms with Crippen molar-refractivity contribution in [3.8, 4) is 5.75 Å². The van der Waals surface area contributed by atoms with E-state index in [1.165, 1.54) is 7.11 Å². The number of sulfone groups is 1. The van der Waals surface area contributed by atoms with E-state index < -0.39 is 15.1 Å². The molecular weight excluding hydrogens is 326 g/mol. The van der Waals surface area contributed by atoms with Gasteiger partial charge in [-0.1, -0.05) is 30.3 Å². The van der Waals surface area contributed by atoms with Crippen LogP contribution >= 0.6 is 0 Å². The first-order chi connectivity index (χ1) is 11.5. The number of carbonyl (C=O) groups excluding carboxylic acids is 1. The Kier molecular flexibility index (Phi) is 4.57. The van der Waals surface area contributed by atoms with Crippen LogP contribution in [0.25, 0.3) is 0 Å². The van der Waals surface area contributed by atoms with E-state index in [1.54, 1.807) is 59.5 Å². The molecular formula is C18H19NO4S. The molecule has 0 bridgehead atoms. The number of likely N-dealkylation sites (tertiary alicyclic amines) is 1. The van der Waals surface area contributed by atoms with E-state index in [9.17, 15) is 13.2 Å². The Hall–Kier alpha value is -2.34. The van der Waals surface area contributed by atoms with Crippen molar-refractivity contribution in [2.75, 3.05) is 20.2 Å². The largest absolute Gasteiger partial charge is 0.496 e. The highest BCUT2D eigenvalue weighted by Gasteiger charge is 2.36. The Morgan fingerprint density at radius 1 is 1.08 bits per heavy atom. The number of amides is 1. The summed E-state index contributed by atoms with van der Waals surface area (Å²) >= 11 is 0. The van der Waals surface area contributed by atoms with Crippen LogP contribution in [0.2, 0.25) is 0 Å². The van der Waals surface area contributed by atoms with Gasteiger partial charge in [-0.15, -0.1) is 0 Å². The number of rotatable bonds is 4. The van der Waals surface area contributed by atoms with E-state index in [0.29, 0.717) is 29.2 Å². The molecule has 126 valence electrons. The molecule has 1 aliphatic heterocycles. The van der Waals surface area contributed by atoms with Crippen molar-refractivity contribution in [1.82, 2.24) is 4.90 Å².